The Bertz CT molecular complexity index is 1160. The van der Waals surface area contributed by atoms with Crippen LogP contribution in [0.4, 0.5) is 0 Å². The first-order valence-corrected chi connectivity index (χ1v) is 11.7. The predicted octanol–water partition coefficient (Wildman–Crippen LogP) is 4.29. The number of aryl methyl sites for hydroxylation is 1. The molecule has 1 N–H and O–H groups in total. The molecule has 1 aliphatic heterocycles. The Morgan fingerprint density at radius 2 is 1.69 bits per heavy atom. The number of benzene rings is 2. The van der Waals surface area contributed by atoms with Gasteiger partial charge in [0, 0.05) is 18.7 Å². The van der Waals surface area contributed by atoms with Gasteiger partial charge < -0.3 is 24.4 Å². The molecule has 1 amide bonds. The molecule has 1 heterocycles. The molecule has 0 bridgehead atoms. The van der Waals surface area contributed by atoms with E-state index in [9.17, 15) is 14.7 Å². The first-order chi connectivity index (χ1) is 16.4. The van der Waals surface area contributed by atoms with Crippen molar-refractivity contribution in [1.29, 1.82) is 0 Å². The number of aliphatic hydroxyl groups is 1. The molecular formula is C28H36N2O5. The van der Waals surface area contributed by atoms with Crippen molar-refractivity contribution < 1.29 is 24.2 Å². The van der Waals surface area contributed by atoms with E-state index in [-0.39, 0.29) is 16.7 Å². The molecule has 0 aromatic heterocycles. The lowest BCUT2D eigenvalue weighted by Crippen LogP contribution is -2.35. The summed E-state index contributed by atoms with van der Waals surface area (Å²) in [4.78, 5) is 30.0. The van der Waals surface area contributed by atoms with Crippen LogP contribution in [-0.2, 0) is 15.0 Å². The molecule has 3 rings (SSSR count). The number of ether oxygens (including phenoxy) is 2. The highest BCUT2D eigenvalue weighted by Gasteiger charge is 2.46. The molecule has 0 spiro atoms. The number of hydrogen-bond acceptors (Lipinski definition) is 6. The van der Waals surface area contributed by atoms with Crippen LogP contribution in [0.3, 0.4) is 0 Å². The second kappa shape index (κ2) is 10.1. The third-order valence-electron chi connectivity index (χ3n) is 6.41. The molecule has 188 valence electrons. The summed E-state index contributed by atoms with van der Waals surface area (Å²) in [6.45, 7) is 9.04. The fourth-order valence-corrected chi connectivity index (χ4v) is 4.28. The molecule has 0 radical (unpaired) electrons. The first-order valence-electron chi connectivity index (χ1n) is 11.7. The van der Waals surface area contributed by atoms with Crippen LogP contribution in [0.15, 0.2) is 42.0 Å². The molecule has 2 aromatic carbocycles. The Balaban J connectivity index is 2.26. The molecule has 1 atom stereocenters. The summed E-state index contributed by atoms with van der Waals surface area (Å²) in [5.41, 5.74) is 2.98. The van der Waals surface area contributed by atoms with Crippen molar-refractivity contribution in [3.63, 3.8) is 0 Å². The summed E-state index contributed by atoms with van der Waals surface area (Å²) in [5.74, 6) is -0.470. The van der Waals surface area contributed by atoms with Gasteiger partial charge in [-0.15, -0.1) is 0 Å². The van der Waals surface area contributed by atoms with E-state index in [2.05, 4.69) is 20.8 Å². The number of carbonyl (C=O) groups excluding carboxylic acids is 2. The van der Waals surface area contributed by atoms with Gasteiger partial charge >= 0.3 is 0 Å². The van der Waals surface area contributed by atoms with Gasteiger partial charge in [-0.1, -0.05) is 39.0 Å². The summed E-state index contributed by atoms with van der Waals surface area (Å²) < 4.78 is 10.8. The normalized spacial score (nSPS) is 17.9. The SMILES string of the molecule is COc1ccc(C2/C(=C(\O)c3cc(C(C)(C)C)ccc3C)C(=O)C(=O)N2CCN(C)C)cc1OC. The number of likely N-dealkylation sites (tertiary alicyclic amines) is 1. The minimum atomic E-state index is -0.757. The first kappa shape index (κ1) is 26.3. The third kappa shape index (κ3) is 5.20. The Labute approximate surface area is 207 Å². The average Bonchev–Trinajstić information content (AvgIpc) is 3.06. The standard InChI is InChI=1S/C28H36N2O5/c1-17-9-11-19(28(2,3)4)16-20(17)25(31)23-24(18-10-12-21(34-7)22(15-18)35-8)30(14-13-29(5)6)27(33)26(23)32/h9-12,15-16,24,31H,13-14H2,1-8H3/b25-23+. The molecule has 0 aliphatic carbocycles. The van der Waals surface area contributed by atoms with Gasteiger partial charge in [-0.3, -0.25) is 9.59 Å². The lowest BCUT2D eigenvalue weighted by Gasteiger charge is -2.27. The monoisotopic (exact) mass is 480 g/mol. The number of rotatable bonds is 7. The number of nitrogens with zero attached hydrogens (tertiary/aromatic N) is 2. The predicted molar refractivity (Wildman–Crippen MR) is 137 cm³/mol. The van der Waals surface area contributed by atoms with Crippen molar-refractivity contribution >= 4 is 17.4 Å². The van der Waals surface area contributed by atoms with Crippen LogP contribution in [0.25, 0.3) is 5.76 Å². The Hall–Kier alpha value is -3.32. The van der Waals surface area contributed by atoms with Gasteiger partial charge in [0.2, 0.25) is 0 Å². The molecule has 35 heavy (non-hydrogen) atoms. The van der Waals surface area contributed by atoms with Crippen molar-refractivity contribution in [2.75, 3.05) is 41.4 Å². The molecule has 1 saturated heterocycles. The van der Waals surface area contributed by atoms with Gasteiger partial charge in [-0.05, 0) is 61.3 Å². The maximum absolute atomic E-state index is 13.4. The molecule has 1 fully saturated rings. The van der Waals surface area contributed by atoms with Gasteiger partial charge in [0.1, 0.15) is 5.76 Å². The maximum Gasteiger partial charge on any atom is 0.295 e. The quantitative estimate of drug-likeness (QED) is 0.362. The van der Waals surface area contributed by atoms with E-state index in [0.29, 0.717) is 35.7 Å². The van der Waals surface area contributed by atoms with Crippen LogP contribution < -0.4 is 9.47 Å². The zero-order valence-corrected chi connectivity index (χ0v) is 21.9. The molecule has 0 saturated carbocycles. The molecular weight excluding hydrogens is 444 g/mol. The van der Waals surface area contributed by atoms with E-state index in [0.717, 1.165) is 11.1 Å². The van der Waals surface area contributed by atoms with E-state index in [4.69, 9.17) is 9.47 Å². The van der Waals surface area contributed by atoms with Crippen LogP contribution in [-0.4, -0.2) is 68.0 Å². The van der Waals surface area contributed by atoms with Crippen LogP contribution in [0.2, 0.25) is 0 Å². The van der Waals surface area contributed by atoms with Crippen molar-refractivity contribution in [3.8, 4) is 11.5 Å². The van der Waals surface area contributed by atoms with Crippen LogP contribution >= 0.6 is 0 Å². The number of aliphatic hydroxyl groups excluding tert-OH is 1. The summed E-state index contributed by atoms with van der Waals surface area (Å²) in [7, 11) is 6.89. The zero-order valence-electron chi connectivity index (χ0n) is 21.9. The van der Waals surface area contributed by atoms with Crippen molar-refractivity contribution in [2.45, 2.75) is 39.2 Å². The number of amides is 1. The highest BCUT2D eigenvalue weighted by Crippen LogP contribution is 2.42. The molecule has 7 heteroatoms. The Morgan fingerprint density at radius 1 is 1.03 bits per heavy atom. The minimum Gasteiger partial charge on any atom is -0.507 e. The van der Waals surface area contributed by atoms with Gasteiger partial charge in [-0.2, -0.15) is 0 Å². The van der Waals surface area contributed by atoms with Crippen molar-refractivity contribution in [2.24, 2.45) is 0 Å². The van der Waals surface area contributed by atoms with E-state index in [1.54, 1.807) is 25.3 Å². The van der Waals surface area contributed by atoms with Gasteiger partial charge in [0.25, 0.3) is 11.7 Å². The number of methoxy groups -OCH3 is 2. The van der Waals surface area contributed by atoms with Gasteiger partial charge in [0.15, 0.2) is 11.5 Å². The molecule has 7 nitrogen and oxygen atoms in total. The average molecular weight is 481 g/mol. The molecule has 1 aliphatic rings. The van der Waals surface area contributed by atoms with Crippen molar-refractivity contribution in [3.05, 3.63) is 64.2 Å². The summed E-state index contributed by atoms with van der Waals surface area (Å²) in [6.07, 6.45) is 0. The Morgan fingerprint density at radius 3 is 2.26 bits per heavy atom. The second-order valence-electron chi connectivity index (χ2n) is 10.2. The number of hydrogen-bond donors (Lipinski definition) is 1. The van der Waals surface area contributed by atoms with Crippen LogP contribution in [0.5, 0.6) is 11.5 Å². The number of carbonyl (C=O) groups is 2. The Kier molecular flexibility index (Phi) is 7.60. The molecule has 2 aromatic rings. The van der Waals surface area contributed by atoms with Crippen LogP contribution in [0.1, 0.15) is 49.1 Å². The fourth-order valence-electron chi connectivity index (χ4n) is 4.28. The third-order valence-corrected chi connectivity index (χ3v) is 6.41. The van der Waals surface area contributed by atoms with Crippen molar-refractivity contribution in [1.82, 2.24) is 9.80 Å². The fraction of sp³-hybridized carbons (Fsp3) is 0.429. The van der Waals surface area contributed by atoms with E-state index in [1.165, 1.54) is 12.0 Å². The van der Waals surface area contributed by atoms with E-state index < -0.39 is 17.7 Å². The van der Waals surface area contributed by atoms with Crippen LogP contribution in [0, 0.1) is 6.92 Å². The maximum atomic E-state index is 13.4. The second-order valence-corrected chi connectivity index (χ2v) is 10.2. The lowest BCUT2D eigenvalue weighted by atomic mass is 9.84. The van der Waals surface area contributed by atoms with Gasteiger partial charge in [0.05, 0.1) is 25.8 Å². The highest BCUT2D eigenvalue weighted by atomic mass is 16.5. The minimum absolute atomic E-state index is 0.0788. The van der Waals surface area contributed by atoms with Gasteiger partial charge in [-0.25, -0.2) is 0 Å². The largest absolute Gasteiger partial charge is 0.507 e. The zero-order chi connectivity index (χ0) is 26.1. The van der Waals surface area contributed by atoms with E-state index in [1.807, 2.05) is 44.1 Å². The highest BCUT2D eigenvalue weighted by molar-refractivity contribution is 6.46. The van der Waals surface area contributed by atoms with E-state index >= 15 is 0 Å². The molecule has 1 unspecified atom stereocenters. The topological polar surface area (TPSA) is 79.3 Å². The number of ketones is 1. The summed E-state index contributed by atoms with van der Waals surface area (Å²) in [5, 5.41) is 11.5. The number of likely N-dealkylation sites (N-methyl/N-ethyl adjacent to an activating group) is 1. The summed E-state index contributed by atoms with van der Waals surface area (Å²) >= 11 is 0. The lowest BCUT2D eigenvalue weighted by molar-refractivity contribution is -0.140. The smallest absolute Gasteiger partial charge is 0.295 e. The summed E-state index contributed by atoms with van der Waals surface area (Å²) in [6, 6.07) is 10.4. The number of Topliss-reactive ketones (excluding diaryl/α,β-unsaturated/α-hetero) is 1.